The molecule has 1 unspecified atom stereocenters. The second-order valence-corrected chi connectivity index (χ2v) is 7.59. The number of hydrogen-bond acceptors (Lipinski definition) is 2. The Hall–Kier alpha value is -2.27. The lowest BCUT2D eigenvalue weighted by molar-refractivity contribution is -0.132. The van der Waals surface area contributed by atoms with Crippen LogP contribution in [0.5, 0.6) is 0 Å². The molecule has 152 valence electrons. The maximum Gasteiger partial charge on any atom is 0.245 e. The molecule has 3 aromatic rings. The van der Waals surface area contributed by atoms with Crippen LogP contribution in [-0.4, -0.2) is 35.6 Å². The zero-order valence-corrected chi connectivity index (χ0v) is 17.8. The van der Waals surface area contributed by atoms with E-state index in [4.69, 9.17) is 27.9 Å². The van der Waals surface area contributed by atoms with Crippen LogP contribution < -0.4 is 0 Å². The van der Waals surface area contributed by atoms with Crippen molar-refractivity contribution in [3.05, 3.63) is 94.8 Å². The van der Waals surface area contributed by atoms with Crippen LogP contribution in [0.4, 0.5) is 0 Å². The van der Waals surface area contributed by atoms with Crippen molar-refractivity contribution in [2.75, 3.05) is 20.3 Å². The molecule has 3 rings (SSSR count). The molecule has 1 atom stereocenters. The second kappa shape index (κ2) is 10.5. The minimum atomic E-state index is -0.736. The van der Waals surface area contributed by atoms with Crippen LogP contribution in [-0.2, 0) is 22.6 Å². The highest BCUT2D eigenvalue weighted by Gasteiger charge is 2.24. The molecule has 1 heterocycles. The number of amides is 1. The molecule has 6 heteroatoms. The largest absolute Gasteiger partial charge is 0.383 e. The van der Waals surface area contributed by atoms with Gasteiger partial charge in [-0.15, -0.1) is 11.6 Å². The molecule has 0 fully saturated rings. The summed E-state index contributed by atoms with van der Waals surface area (Å²) in [7, 11) is 1.62. The Bertz CT molecular complexity index is 927. The number of aromatic nitrogens is 1. The lowest BCUT2D eigenvalue weighted by Gasteiger charge is -2.26. The van der Waals surface area contributed by atoms with Gasteiger partial charge in [0.2, 0.25) is 5.91 Å². The molecule has 0 spiro atoms. The first kappa shape index (κ1) is 21.4. The van der Waals surface area contributed by atoms with Crippen molar-refractivity contribution in [3.63, 3.8) is 0 Å². The number of halogens is 2. The third-order valence-electron chi connectivity index (χ3n) is 4.76. The Morgan fingerprint density at radius 3 is 2.52 bits per heavy atom. The van der Waals surface area contributed by atoms with Crippen molar-refractivity contribution >= 4 is 29.1 Å². The lowest BCUT2D eigenvalue weighted by Crippen LogP contribution is -2.36. The zero-order chi connectivity index (χ0) is 20.6. The van der Waals surface area contributed by atoms with Crippen molar-refractivity contribution in [1.29, 1.82) is 0 Å². The molecule has 0 N–H and O–H groups in total. The Balaban J connectivity index is 1.78. The van der Waals surface area contributed by atoms with E-state index in [1.165, 1.54) is 0 Å². The Labute approximate surface area is 181 Å². The van der Waals surface area contributed by atoms with Crippen LogP contribution in [0.25, 0.3) is 0 Å². The molecule has 29 heavy (non-hydrogen) atoms. The van der Waals surface area contributed by atoms with Gasteiger partial charge in [0.15, 0.2) is 0 Å². The van der Waals surface area contributed by atoms with Gasteiger partial charge in [0.1, 0.15) is 5.38 Å². The van der Waals surface area contributed by atoms with E-state index < -0.39 is 5.38 Å². The summed E-state index contributed by atoms with van der Waals surface area (Å²) in [5.74, 6) is -0.139. The molecular formula is C23H24Cl2N2O2. The lowest BCUT2D eigenvalue weighted by atomic mass is 10.1. The zero-order valence-electron chi connectivity index (χ0n) is 16.3. The van der Waals surface area contributed by atoms with E-state index >= 15 is 0 Å². The highest BCUT2D eigenvalue weighted by Crippen LogP contribution is 2.24. The number of alkyl halides is 1. The van der Waals surface area contributed by atoms with E-state index in [2.05, 4.69) is 4.57 Å². The topological polar surface area (TPSA) is 34.5 Å². The maximum absolute atomic E-state index is 13.1. The van der Waals surface area contributed by atoms with E-state index in [9.17, 15) is 4.79 Å². The fourth-order valence-corrected chi connectivity index (χ4v) is 3.63. The van der Waals surface area contributed by atoms with Gasteiger partial charge in [-0.3, -0.25) is 4.79 Å². The number of rotatable bonds is 9. The average Bonchev–Trinajstić information content (AvgIpc) is 3.19. The molecule has 2 aromatic carbocycles. The van der Waals surface area contributed by atoms with Gasteiger partial charge in [0.05, 0.1) is 13.2 Å². The van der Waals surface area contributed by atoms with Gasteiger partial charge in [-0.2, -0.15) is 0 Å². The van der Waals surface area contributed by atoms with Crippen LogP contribution >= 0.6 is 23.2 Å². The minimum absolute atomic E-state index is 0.139. The van der Waals surface area contributed by atoms with Gasteiger partial charge in [0.25, 0.3) is 0 Å². The molecule has 0 aliphatic carbocycles. The summed E-state index contributed by atoms with van der Waals surface area (Å²) < 4.78 is 7.30. The van der Waals surface area contributed by atoms with Crippen molar-refractivity contribution in [2.24, 2.45) is 0 Å². The number of ether oxygens (including phenoxy) is 1. The quantitative estimate of drug-likeness (QED) is 0.440. The first-order chi connectivity index (χ1) is 14.1. The Morgan fingerprint density at radius 1 is 1.07 bits per heavy atom. The third kappa shape index (κ3) is 5.63. The van der Waals surface area contributed by atoms with E-state index in [1.54, 1.807) is 12.0 Å². The summed E-state index contributed by atoms with van der Waals surface area (Å²) in [6.07, 6.45) is 1.99. The summed E-state index contributed by atoms with van der Waals surface area (Å²) in [5.41, 5.74) is 2.82. The predicted octanol–water partition coefficient (Wildman–Crippen LogP) is 5.14. The van der Waals surface area contributed by atoms with Crippen molar-refractivity contribution in [2.45, 2.75) is 18.5 Å². The van der Waals surface area contributed by atoms with Gasteiger partial charge in [0, 0.05) is 37.1 Å². The van der Waals surface area contributed by atoms with Crippen LogP contribution in [0.2, 0.25) is 5.02 Å². The van der Waals surface area contributed by atoms with Crippen LogP contribution in [0.3, 0.4) is 0 Å². The van der Waals surface area contributed by atoms with Crippen LogP contribution in [0, 0.1) is 0 Å². The maximum atomic E-state index is 13.1. The molecule has 0 bridgehead atoms. The second-order valence-electron chi connectivity index (χ2n) is 6.74. The first-order valence-corrected chi connectivity index (χ1v) is 10.3. The number of carbonyl (C=O) groups excluding carboxylic acids is 1. The number of carbonyl (C=O) groups is 1. The van der Waals surface area contributed by atoms with Gasteiger partial charge in [-0.1, -0.05) is 60.1 Å². The molecule has 0 saturated heterocycles. The predicted molar refractivity (Wildman–Crippen MR) is 117 cm³/mol. The highest BCUT2D eigenvalue weighted by molar-refractivity contribution is 6.31. The normalized spacial score (nSPS) is 12.0. The fourth-order valence-electron chi connectivity index (χ4n) is 3.15. The Morgan fingerprint density at radius 2 is 1.79 bits per heavy atom. The van der Waals surface area contributed by atoms with E-state index in [0.717, 1.165) is 21.8 Å². The SMILES string of the molecule is COCCN(Cc1cccn1Cc1ccccc1Cl)C(=O)C(Cl)c1ccccc1. The number of methoxy groups -OCH3 is 1. The van der Waals surface area contributed by atoms with Crippen LogP contribution in [0.1, 0.15) is 22.2 Å². The van der Waals surface area contributed by atoms with E-state index in [-0.39, 0.29) is 5.91 Å². The summed E-state index contributed by atoms with van der Waals surface area (Å²) >= 11 is 12.8. The van der Waals surface area contributed by atoms with E-state index in [0.29, 0.717) is 26.2 Å². The average molecular weight is 431 g/mol. The molecule has 0 aliphatic rings. The molecule has 0 saturated carbocycles. The number of nitrogens with zero attached hydrogens (tertiary/aromatic N) is 2. The summed E-state index contributed by atoms with van der Waals surface area (Å²) in [6.45, 7) is 1.98. The van der Waals surface area contributed by atoms with E-state index in [1.807, 2.05) is 72.9 Å². The van der Waals surface area contributed by atoms with Crippen LogP contribution in [0.15, 0.2) is 72.9 Å². The molecular weight excluding hydrogens is 407 g/mol. The number of hydrogen-bond donors (Lipinski definition) is 0. The molecule has 1 aromatic heterocycles. The molecule has 0 radical (unpaired) electrons. The van der Waals surface area contributed by atoms with Gasteiger partial charge in [-0.05, 0) is 29.3 Å². The Kier molecular flexibility index (Phi) is 7.76. The highest BCUT2D eigenvalue weighted by atomic mass is 35.5. The first-order valence-electron chi connectivity index (χ1n) is 9.44. The monoisotopic (exact) mass is 430 g/mol. The summed E-state index contributed by atoms with van der Waals surface area (Å²) in [6, 6.07) is 21.1. The molecule has 1 amide bonds. The third-order valence-corrected chi connectivity index (χ3v) is 5.57. The summed E-state index contributed by atoms with van der Waals surface area (Å²) in [4.78, 5) is 14.9. The smallest absolute Gasteiger partial charge is 0.245 e. The minimum Gasteiger partial charge on any atom is -0.383 e. The van der Waals surface area contributed by atoms with Crippen molar-refractivity contribution in [1.82, 2.24) is 9.47 Å². The van der Waals surface area contributed by atoms with Gasteiger partial charge >= 0.3 is 0 Å². The van der Waals surface area contributed by atoms with Crippen molar-refractivity contribution < 1.29 is 9.53 Å². The molecule has 0 aliphatic heterocycles. The van der Waals surface area contributed by atoms with Gasteiger partial charge in [-0.25, -0.2) is 0 Å². The van der Waals surface area contributed by atoms with Crippen molar-refractivity contribution in [3.8, 4) is 0 Å². The fraction of sp³-hybridized carbons (Fsp3) is 0.261. The molecule has 4 nitrogen and oxygen atoms in total. The summed E-state index contributed by atoms with van der Waals surface area (Å²) in [5, 5.41) is -0.00981. The number of benzene rings is 2. The van der Waals surface area contributed by atoms with Gasteiger partial charge < -0.3 is 14.2 Å². The standard InChI is InChI=1S/C23H24Cl2N2O2/c1-29-15-14-27(23(28)22(25)18-8-3-2-4-9-18)17-20-11-7-13-26(20)16-19-10-5-6-12-21(19)24/h2-13,22H,14-17H2,1H3.